The van der Waals surface area contributed by atoms with Crippen molar-refractivity contribution >= 4 is 23.4 Å². The number of hydrogen-bond donors (Lipinski definition) is 1. The first-order valence-electron chi connectivity index (χ1n) is 12.4. The largest absolute Gasteiger partial charge is 0.325 e. The number of nitrogens with one attached hydrogen (secondary N) is 1. The van der Waals surface area contributed by atoms with Crippen molar-refractivity contribution in [2.24, 2.45) is 0 Å². The topological polar surface area (TPSA) is 64.0 Å². The third-order valence-electron chi connectivity index (χ3n) is 7.28. The van der Waals surface area contributed by atoms with Crippen molar-refractivity contribution in [3.63, 3.8) is 0 Å². The molecule has 0 bridgehead atoms. The first kappa shape index (κ1) is 23.6. The molecule has 0 unspecified atom stereocenters. The second-order valence-electron chi connectivity index (χ2n) is 9.61. The Hall–Kier alpha value is -3.12. The Morgan fingerprint density at radius 1 is 1.14 bits per heavy atom. The lowest BCUT2D eigenvalue weighted by Gasteiger charge is -2.42. The number of nitrogens with zero attached hydrogens (tertiary/aromatic N) is 2. The van der Waals surface area contributed by atoms with Crippen LogP contribution in [0, 0.1) is 0 Å². The molecule has 0 aliphatic heterocycles. The second kappa shape index (κ2) is 9.86. The van der Waals surface area contributed by atoms with Crippen molar-refractivity contribution in [1.82, 2.24) is 9.55 Å². The van der Waals surface area contributed by atoms with Gasteiger partial charge in [-0.15, -0.1) is 6.58 Å². The second-order valence-corrected chi connectivity index (χ2v) is 10.9. The van der Waals surface area contributed by atoms with E-state index in [0.29, 0.717) is 11.7 Å². The van der Waals surface area contributed by atoms with E-state index in [1.807, 2.05) is 43.3 Å². The fourth-order valence-corrected chi connectivity index (χ4v) is 6.49. The third-order valence-corrected chi connectivity index (χ3v) is 8.37. The van der Waals surface area contributed by atoms with Gasteiger partial charge in [-0.05, 0) is 43.9 Å². The number of allylic oxidation sites excluding steroid dienone is 1. The lowest BCUT2D eigenvalue weighted by molar-refractivity contribution is -0.115. The van der Waals surface area contributed by atoms with Crippen molar-refractivity contribution < 1.29 is 4.79 Å². The zero-order chi connectivity index (χ0) is 24.4. The molecule has 1 saturated carbocycles. The average Bonchev–Trinajstić information content (AvgIpc) is 2.87. The molecule has 5 rings (SSSR count). The number of aromatic nitrogens is 2. The van der Waals surface area contributed by atoms with Gasteiger partial charge in [0.1, 0.15) is 0 Å². The summed E-state index contributed by atoms with van der Waals surface area (Å²) in [6, 6.07) is 17.8. The molecule has 1 aromatic heterocycles. The molecule has 1 fully saturated rings. The van der Waals surface area contributed by atoms with Gasteiger partial charge in [-0.2, -0.15) is 0 Å². The maximum Gasteiger partial charge on any atom is 0.258 e. The Kier molecular flexibility index (Phi) is 6.65. The van der Waals surface area contributed by atoms with Gasteiger partial charge in [-0.25, -0.2) is 4.98 Å². The Morgan fingerprint density at radius 2 is 1.86 bits per heavy atom. The summed E-state index contributed by atoms with van der Waals surface area (Å²) in [4.78, 5) is 32.2. The van der Waals surface area contributed by atoms with Crippen molar-refractivity contribution in [1.29, 1.82) is 0 Å². The number of benzene rings is 2. The number of anilines is 1. The Labute approximate surface area is 210 Å². The molecule has 0 radical (unpaired) electrons. The highest BCUT2D eigenvalue weighted by atomic mass is 32.2. The molecular weight excluding hydrogens is 454 g/mol. The zero-order valence-corrected chi connectivity index (χ0v) is 20.9. The Morgan fingerprint density at radius 3 is 2.60 bits per heavy atom. The van der Waals surface area contributed by atoms with Crippen molar-refractivity contribution in [2.75, 3.05) is 5.32 Å². The van der Waals surface area contributed by atoms with E-state index in [2.05, 4.69) is 30.1 Å². The SMILES string of the molecule is C=CCn1c(S[C@@H](C)C(=O)Nc2ccccc2)nc2c(c1=O)C1(CCCCC1)Cc1ccccc1-2. The lowest BCUT2D eigenvalue weighted by Crippen LogP contribution is -2.43. The zero-order valence-electron chi connectivity index (χ0n) is 20.1. The van der Waals surface area contributed by atoms with Gasteiger partial charge in [0.25, 0.3) is 5.56 Å². The summed E-state index contributed by atoms with van der Waals surface area (Å²) in [5, 5.41) is 3.09. The summed E-state index contributed by atoms with van der Waals surface area (Å²) >= 11 is 1.33. The first-order valence-corrected chi connectivity index (χ1v) is 13.3. The highest BCUT2D eigenvalue weighted by molar-refractivity contribution is 8.00. The molecule has 1 spiro atoms. The molecule has 1 N–H and O–H groups in total. The predicted molar refractivity (Wildman–Crippen MR) is 143 cm³/mol. The minimum Gasteiger partial charge on any atom is -0.325 e. The minimum absolute atomic E-state index is 0.0180. The summed E-state index contributed by atoms with van der Waals surface area (Å²) in [5.74, 6) is -0.123. The summed E-state index contributed by atoms with van der Waals surface area (Å²) in [6.07, 6.45) is 8.14. The van der Waals surface area contributed by atoms with Gasteiger partial charge in [-0.3, -0.25) is 14.2 Å². The summed E-state index contributed by atoms with van der Waals surface area (Å²) in [5.41, 5.74) is 4.59. The van der Waals surface area contributed by atoms with E-state index in [4.69, 9.17) is 4.98 Å². The molecule has 2 aliphatic carbocycles. The lowest BCUT2D eigenvalue weighted by atomic mass is 9.62. The molecule has 5 nitrogen and oxygen atoms in total. The summed E-state index contributed by atoms with van der Waals surface area (Å²) in [6.45, 7) is 6.10. The van der Waals surface area contributed by atoms with E-state index in [9.17, 15) is 9.59 Å². The van der Waals surface area contributed by atoms with Gasteiger partial charge in [0.2, 0.25) is 5.91 Å². The van der Waals surface area contributed by atoms with Crippen LogP contribution in [0.25, 0.3) is 11.3 Å². The van der Waals surface area contributed by atoms with Crippen LogP contribution in [0.3, 0.4) is 0 Å². The van der Waals surface area contributed by atoms with Gasteiger partial charge in [-0.1, -0.05) is 79.6 Å². The fraction of sp³-hybridized carbons (Fsp3) is 0.345. The number of thioether (sulfide) groups is 1. The number of amides is 1. The van der Waals surface area contributed by atoms with Crippen LogP contribution in [-0.2, 0) is 23.2 Å². The number of carbonyl (C=O) groups is 1. The molecule has 3 aromatic rings. The maximum atomic E-state index is 14.1. The Balaban J connectivity index is 1.58. The molecule has 2 aromatic carbocycles. The number of fused-ring (bicyclic) bond motifs is 4. The maximum absolute atomic E-state index is 14.1. The van der Waals surface area contributed by atoms with Gasteiger partial charge in [0.15, 0.2) is 5.16 Å². The van der Waals surface area contributed by atoms with Crippen LogP contribution >= 0.6 is 11.8 Å². The Bertz CT molecular complexity index is 1310. The molecule has 1 amide bonds. The third kappa shape index (κ3) is 4.47. The quantitative estimate of drug-likeness (QED) is 0.265. The van der Waals surface area contributed by atoms with Crippen LogP contribution in [0.4, 0.5) is 5.69 Å². The van der Waals surface area contributed by atoms with Crippen molar-refractivity contribution in [2.45, 2.75) is 67.8 Å². The molecule has 1 atom stereocenters. The predicted octanol–water partition coefficient (Wildman–Crippen LogP) is 5.97. The van der Waals surface area contributed by atoms with Gasteiger partial charge in [0, 0.05) is 23.2 Å². The van der Waals surface area contributed by atoms with Gasteiger partial charge >= 0.3 is 0 Å². The molecule has 35 heavy (non-hydrogen) atoms. The van der Waals surface area contributed by atoms with E-state index in [1.54, 1.807) is 10.6 Å². The van der Waals surface area contributed by atoms with Crippen LogP contribution in [0.2, 0.25) is 0 Å². The van der Waals surface area contributed by atoms with Crippen LogP contribution in [-0.4, -0.2) is 20.7 Å². The smallest absolute Gasteiger partial charge is 0.258 e. The highest BCUT2D eigenvalue weighted by Gasteiger charge is 2.43. The molecule has 6 heteroatoms. The number of rotatable bonds is 6. The van der Waals surface area contributed by atoms with E-state index < -0.39 is 5.25 Å². The normalized spacial score (nSPS) is 16.7. The number of hydrogen-bond acceptors (Lipinski definition) is 4. The molecule has 180 valence electrons. The summed E-state index contributed by atoms with van der Waals surface area (Å²) in [7, 11) is 0. The van der Waals surface area contributed by atoms with Crippen molar-refractivity contribution in [3.05, 3.63) is 88.7 Å². The van der Waals surface area contributed by atoms with E-state index in [1.165, 1.54) is 23.7 Å². The highest BCUT2D eigenvalue weighted by Crippen LogP contribution is 2.48. The monoisotopic (exact) mass is 485 g/mol. The average molecular weight is 486 g/mol. The van der Waals surface area contributed by atoms with Gasteiger partial charge in [0.05, 0.1) is 16.5 Å². The molecular formula is C29H31N3O2S. The van der Waals surface area contributed by atoms with E-state index in [0.717, 1.165) is 54.6 Å². The first-order chi connectivity index (χ1) is 17.0. The van der Waals surface area contributed by atoms with E-state index in [-0.39, 0.29) is 16.9 Å². The van der Waals surface area contributed by atoms with Crippen LogP contribution in [0.5, 0.6) is 0 Å². The number of para-hydroxylation sites is 1. The van der Waals surface area contributed by atoms with E-state index >= 15 is 0 Å². The van der Waals surface area contributed by atoms with Crippen LogP contribution in [0.1, 0.15) is 50.2 Å². The van der Waals surface area contributed by atoms with Crippen molar-refractivity contribution in [3.8, 4) is 11.3 Å². The van der Waals surface area contributed by atoms with Gasteiger partial charge < -0.3 is 5.32 Å². The van der Waals surface area contributed by atoms with Crippen LogP contribution < -0.4 is 10.9 Å². The molecule has 2 aliphatic rings. The fourth-order valence-electron chi connectivity index (χ4n) is 5.58. The molecule has 0 saturated heterocycles. The standard InChI is InChI=1S/C29H31N3O2S/c1-3-18-32-27(34)24-25(23-15-9-8-12-21(23)19-29(24)16-10-5-11-17-29)31-28(32)35-20(2)26(33)30-22-13-6-4-7-14-22/h3-4,6-9,12-15,20H,1,5,10-11,16-19H2,2H3,(H,30,33)/t20-/m0/s1. The number of carbonyl (C=O) groups excluding carboxylic acids is 1. The van der Waals surface area contributed by atoms with Crippen LogP contribution in [0.15, 0.2) is 77.2 Å². The minimum atomic E-state index is -0.432. The molecule has 1 heterocycles. The summed E-state index contributed by atoms with van der Waals surface area (Å²) < 4.78 is 1.72.